The van der Waals surface area contributed by atoms with Crippen molar-refractivity contribution >= 4 is 24.8 Å². The Morgan fingerprint density at radius 3 is 2.08 bits per heavy atom. The lowest BCUT2D eigenvalue weighted by Gasteiger charge is -2.23. The molecule has 4 atom stereocenters. The van der Waals surface area contributed by atoms with Gasteiger partial charge < -0.3 is 19.9 Å². The van der Waals surface area contributed by atoms with Crippen molar-refractivity contribution in [3.05, 3.63) is 84.4 Å². The molecule has 13 heteroatoms. The molecule has 0 spiro atoms. The zero-order valence-corrected chi connectivity index (χ0v) is 22.4. The van der Waals surface area contributed by atoms with E-state index in [1.165, 1.54) is 6.33 Å². The number of benzene rings is 2. The number of methoxy groups -OCH3 is 2. The zero-order chi connectivity index (χ0) is 27.2. The standard InChI is InChI=1S/C26H30N5O7P/c1-33-22-20(38-26(23(22)34-2)31-17-30-21-24(27)28-16-29-25(21)31)15-37-39(32,35-13-18-9-5-3-6-10-18)36-14-19-11-7-4-8-12-19/h3-12,16-17,20,22-23,26H,13-15H2,1-2H3,(H2,27,28,29)/t20-,22-,23-,26-/m1/s1. The number of phosphoric acid groups is 1. The van der Waals surface area contributed by atoms with Crippen molar-refractivity contribution in [3.63, 3.8) is 0 Å². The Hall–Kier alpha value is -3.22. The second kappa shape index (κ2) is 12.3. The minimum Gasteiger partial charge on any atom is -0.382 e. The Bertz CT molecular complexity index is 1360. The molecule has 0 aliphatic carbocycles. The molecular formula is C26H30N5O7P. The van der Waals surface area contributed by atoms with Crippen LogP contribution in [0.5, 0.6) is 0 Å². The van der Waals surface area contributed by atoms with Gasteiger partial charge in [0.2, 0.25) is 0 Å². The number of aromatic nitrogens is 4. The number of anilines is 1. The van der Waals surface area contributed by atoms with Gasteiger partial charge in [-0.3, -0.25) is 18.1 Å². The van der Waals surface area contributed by atoms with E-state index in [2.05, 4.69) is 15.0 Å². The van der Waals surface area contributed by atoms with Crippen LogP contribution >= 0.6 is 7.82 Å². The summed E-state index contributed by atoms with van der Waals surface area (Å²) < 4.78 is 50.5. The van der Waals surface area contributed by atoms with Crippen LogP contribution in [0.4, 0.5) is 5.82 Å². The van der Waals surface area contributed by atoms with E-state index in [0.29, 0.717) is 11.2 Å². The number of hydrogen-bond donors (Lipinski definition) is 1. The van der Waals surface area contributed by atoms with Gasteiger partial charge in [0.25, 0.3) is 0 Å². The highest BCUT2D eigenvalue weighted by Gasteiger charge is 2.48. The summed E-state index contributed by atoms with van der Waals surface area (Å²) in [6.07, 6.45) is 0.406. The average Bonchev–Trinajstić information content (AvgIpc) is 3.57. The third-order valence-electron chi connectivity index (χ3n) is 6.35. The molecule has 39 heavy (non-hydrogen) atoms. The number of hydrogen-bond acceptors (Lipinski definition) is 11. The van der Waals surface area contributed by atoms with Crippen LogP contribution in [0.1, 0.15) is 17.4 Å². The van der Waals surface area contributed by atoms with Crippen LogP contribution in [-0.2, 0) is 45.6 Å². The second-order valence-electron chi connectivity index (χ2n) is 8.81. The summed E-state index contributed by atoms with van der Waals surface area (Å²) in [5, 5.41) is 0. The molecule has 0 saturated carbocycles. The van der Waals surface area contributed by atoms with E-state index in [0.717, 1.165) is 11.1 Å². The highest BCUT2D eigenvalue weighted by Crippen LogP contribution is 2.52. The smallest absolute Gasteiger partial charge is 0.382 e. The number of rotatable bonds is 12. The van der Waals surface area contributed by atoms with Crippen LogP contribution in [0.2, 0.25) is 0 Å². The lowest BCUT2D eigenvalue weighted by atomic mass is 10.1. The number of nitrogen functional groups attached to an aromatic ring is 1. The van der Waals surface area contributed by atoms with Gasteiger partial charge in [0.1, 0.15) is 30.2 Å². The van der Waals surface area contributed by atoms with Crippen LogP contribution in [0, 0.1) is 0 Å². The number of nitrogens with zero attached hydrogens (tertiary/aromatic N) is 4. The van der Waals surface area contributed by atoms with Gasteiger partial charge >= 0.3 is 7.82 Å². The van der Waals surface area contributed by atoms with Crippen LogP contribution in [0.25, 0.3) is 11.2 Å². The fourth-order valence-electron chi connectivity index (χ4n) is 4.39. The molecule has 1 aliphatic rings. The van der Waals surface area contributed by atoms with E-state index >= 15 is 0 Å². The zero-order valence-electron chi connectivity index (χ0n) is 21.5. The molecule has 1 aliphatic heterocycles. The predicted octanol–water partition coefficient (Wildman–Crippen LogP) is 3.89. The maximum absolute atomic E-state index is 13.7. The van der Waals surface area contributed by atoms with Crippen LogP contribution in [0.3, 0.4) is 0 Å². The SMILES string of the molecule is CO[C@@H]1[C@H](OC)[C@@H](COP(=O)(OCc2ccccc2)OCc2ccccc2)O[C@H]1n1cnc2c(N)ncnc21. The molecule has 0 radical (unpaired) electrons. The molecule has 3 heterocycles. The maximum atomic E-state index is 13.7. The summed E-state index contributed by atoms with van der Waals surface area (Å²) in [4.78, 5) is 12.6. The fraction of sp³-hybridized carbons (Fsp3) is 0.346. The van der Waals surface area contributed by atoms with Crippen molar-refractivity contribution in [2.24, 2.45) is 0 Å². The van der Waals surface area contributed by atoms with Crippen molar-refractivity contribution in [2.75, 3.05) is 26.6 Å². The van der Waals surface area contributed by atoms with Crippen molar-refractivity contribution in [3.8, 4) is 0 Å². The van der Waals surface area contributed by atoms with Crippen LogP contribution < -0.4 is 5.73 Å². The number of imidazole rings is 1. The minimum absolute atomic E-state index is 0.0393. The number of phosphoric ester groups is 1. The largest absolute Gasteiger partial charge is 0.475 e. The van der Waals surface area contributed by atoms with Gasteiger partial charge in [-0.15, -0.1) is 0 Å². The molecule has 2 aromatic heterocycles. The third kappa shape index (κ3) is 6.18. The summed E-state index contributed by atoms with van der Waals surface area (Å²) in [6, 6.07) is 18.7. The molecule has 2 N–H and O–H groups in total. The van der Waals surface area contributed by atoms with Crippen LogP contribution in [0.15, 0.2) is 73.3 Å². The van der Waals surface area contributed by atoms with Crippen molar-refractivity contribution in [1.29, 1.82) is 0 Å². The maximum Gasteiger partial charge on any atom is 0.475 e. The molecule has 5 rings (SSSR count). The van der Waals surface area contributed by atoms with E-state index in [1.54, 1.807) is 25.1 Å². The number of fused-ring (bicyclic) bond motifs is 1. The summed E-state index contributed by atoms with van der Waals surface area (Å²) in [5.41, 5.74) is 8.52. The monoisotopic (exact) mass is 555 g/mol. The van der Waals surface area contributed by atoms with Crippen molar-refractivity contribution in [2.45, 2.75) is 37.8 Å². The molecule has 12 nitrogen and oxygen atoms in total. The second-order valence-corrected chi connectivity index (χ2v) is 10.5. The summed E-state index contributed by atoms with van der Waals surface area (Å²) in [5.74, 6) is 0.251. The Labute approximate surface area is 225 Å². The molecule has 1 saturated heterocycles. The van der Waals surface area contributed by atoms with Crippen molar-refractivity contribution in [1.82, 2.24) is 19.5 Å². The first kappa shape index (κ1) is 27.4. The Balaban J connectivity index is 1.33. The molecule has 4 aromatic rings. The molecular weight excluding hydrogens is 525 g/mol. The topological polar surface area (TPSA) is 142 Å². The van der Waals surface area contributed by atoms with E-state index in [1.807, 2.05) is 60.7 Å². The van der Waals surface area contributed by atoms with Gasteiger partial charge in [0.05, 0.1) is 26.1 Å². The van der Waals surface area contributed by atoms with Gasteiger partial charge in [-0.2, -0.15) is 0 Å². The summed E-state index contributed by atoms with van der Waals surface area (Å²) in [6.45, 7) is -0.0747. The quantitative estimate of drug-likeness (QED) is 0.254. The van der Waals surface area contributed by atoms with E-state index < -0.39 is 32.4 Å². The Morgan fingerprint density at radius 2 is 1.49 bits per heavy atom. The first-order chi connectivity index (χ1) is 19.0. The molecule has 0 unspecified atom stereocenters. The first-order valence-corrected chi connectivity index (χ1v) is 13.7. The van der Waals surface area contributed by atoms with Gasteiger partial charge in [-0.25, -0.2) is 19.5 Å². The van der Waals surface area contributed by atoms with Crippen LogP contribution in [-0.4, -0.2) is 58.7 Å². The molecule has 1 fully saturated rings. The van der Waals surface area contributed by atoms with Gasteiger partial charge in [0, 0.05) is 14.2 Å². The lowest BCUT2D eigenvalue weighted by Crippen LogP contribution is -2.37. The van der Waals surface area contributed by atoms with Gasteiger partial charge in [0.15, 0.2) is 17.7 Å². The fourth-order valence-corrected chi connectivity index (χ4v) is 5.56. The number of ether oxygens (including phenoxy) is 3. The first-order valence-electron chi connectivity index (χ1n) is 12.3. The third-order valence-corrected chi connectivity index (χ3v) is 7.71. The summed E-state index contributed by atoms with van der Waals surface area (Å²) in [7, 11) is -0.934. The van der Waals surface area contributed by atoms with E-state index in [4.69, 9.17) is 33.5 Å². The lowest BCUT2D eigenvalue weighted by molar-refractivity contribution is -0.0596. The van der Waals surface area contributed by atoms with E-state index in [-0.39, 0.29) is 25.6 Å². The predicted molar refractivity (Wildman–Crippen MR) is 141 cm³/mol. The molecule has 0 amide bonds. The Kier molecular flexibility index (Phi) is 8.63. The number of nitrogens with two attached hydrogens (primary N) is 1. The van der Waals surface area contributed by atoms with E-state index in [9.17, 15) is 4.57 Å². The average molecular weight is 556 g/mol. The molecule has 2 aromatic carbocycles. The highest BCUT2D eigenvalue weighted by molar-refractivity contribution is 7.48. The normalized spacial score (nSPS) is 21.5. The van der Waals surface area contributed by atoms with Gasteiger partial charge in [-0.05, 0) is 11.1 Å². The minimum atomic E-state index is -4.03. The highest BCUT2D eigenvalue weighted by atomic mass is 31.2. The van der Waals surface area contributed by atoms with Crippen molar-refractivity contribution < 1.29 is 32.3 Å². The van der Waals surface area contributed by atoms with Gasteiger partial charge in [-0.1, -0.05) is 60.7 Å². The molecule has 0 bridgehead atoms. The summed E-state index contributed by atoms with van der Waals surface area (Å²) >= 11 is 0. The Morgan fingerprint density at radius 1 is 0.872 bits per heavy atom. The molecule has 206 valence electrons.